The number of carbonyl (C=O) groups excluding carboxylic acids is 1. The van der Waals surface area contributed by atoms with E-state index in [1.165, 1.54) is 18.6 Å². The van der Waals surface area contributed by atoms with Crippen LogP contribution in [0, 0.1) is 5.92 Å². The molecule has 3 aliphatic rings. The smallest absolute Gasteiger partial charge is 0.156 e. The molecule has 20 heavy (non-hydrogen) atoms. The molecule has 0 amide bonds. The summed E-state index contributed by atoms with van der Waals surface area (Å²) in [6, 6.07) is 0. The minimum atomic E-state index is -0.172. The van der Waals surface area contributed by atoms with Crippen molar-refractivity contribution in [2.75, 3.05) is 32.2 Å². The Morgan fingerprint density at radius 3 is 2.60 bits per heavy atom. The molecular formula is C16H27NO2S. The first-order valence-electron chi connectivity index (χ1n) is 8.02. The lowest BCUT2D eigenvalue weighted by Crippen LogP contribution is -2.54. The van der Waals surface area contributed by atoms with E-state index in [0.29, 0.717) is 5.78 Å². The maximum Gasteiger partial charge on any atom is 0.156 e. The first-order valence-corrected chi connectivity index (χ1v) is 9.17. The van der Waals surface area contributed by atoms with E-state index in [1.807, 2.05) is 11.8 Å². The Hall–Kier alpha value is -0.0600. The van der Waals surface area contributed by atoms with Crippen molar-refractivity contribution in [1.82, 2.24) is 4.90 Å². The van der Waals surface area contributed by atoms with Crippen molar-refractivity contribution in [2.24, 2.45) is 5.92 Å². The molecule has 3 nitrogen and oxygen atoms in total. The molecule has 1 saturated carbocycles. The lowest BCUT2D eigenvalue weighted by molar-refractivity contribution is -0.144. The lowest BCUT2D eigenvalue weighted by atomic mass is 9.75. The summed E-state index contributed by atoms with van der Waals surface area (Å²) < 4.78 is 6.08. The van der Waals surface area contributed by atoms with Crippen molar-refractivity contribution in [3.63, 3.8) is 0 Å². The van der Waals surface area contributed by atoms with Crippen molar-refractivity contribution in [2.45, 2.75) is 56.1 Å². The monoisotopic (exact) mass is 297 g/mol. The second-order valence-corrected chi connectivity index (χ2v) is 8.13. The maximum atomic E-state index is 13.2. The second kappa shape index (κ2) is 5.62. The Balaban J connectivity index is 1.76. The third-order valence-electron chi connectivity index (χ3n) is 5.68. The molecule has 114 valence electrons. The normalized spacial score (nSPS) is 36.9. The van der Waals surface area contributed by atoms with Gasteiger partial charge in [0.05, 0.1) is 11.1 Å². The summed E-state index contributed by atoms with van der Waals surface area (Å²) in [6.45, 7) is 0.778. The van der Waals surface area contributed by atoms with Crippen molar-refractivity contribution < 1.29 is 9.53 Å². The van der Waals surface area contributed by atoms with Gasteiger partial charge in [-0.05, 0) is 52.0 Å². The zero-order valence-corrected chi connectivity index (χ0v) is 13.6. The van der Waals surface area contributed by atoms with E-state index in [2.05, 4.69) is 19.0 Å². The van der Waals surface area contributed by atoms with Crippen LogP contribution in [0.1, 0.15) is 44.9 Å². The Bertz CT molecular complexity index is 371. The molecule has 0 aromatic heterocycles. The Labute approximate surface area is 126 Å². The molecule has 3 rings (SSSR count). The molecule has 2 saturated heterocycles. The Kier molecular flexibility index (Phi) is 4.17. The predicted molar refractivity (Wildman–Crippen MR) is 83.2 cm³/mol. The summed E-state index contributed by atoms with van der Waals surface area (Å²) in [4.78, 5) is 15.4. The van der Waals surface area contributed by atoms with Gasteiger partial charge in [-0.15, -0.1) is 0 Å². The summed E-state index contributed by atoms with van der Waals surface area (Å²) in [7, 11) is 4.17. The maximum absolute atomic E-state index is 13.2. The summed E-state index contributed by atoms with van der Waals surface area (Å²) in [5.41, 5.74) is -0.149. The number of ketones is 1. The zero-order valence-electron chi connectivity index (χ0n) is 12.8. The molecule has 2 heterocycles. The van der Waals surface area contributed by atoms with Crippen LogP contribution in [-0.4, -0.2) is 54.0 Å². The number of hydrogen-bond donors (Lipinski definition) is 0. The molecule has 2 aliphatic heterocycles. The molecule has 4 heteroatoms. The number of likely N-dealkylation sites (N-methyl/N-ethyl adjacent to an activating group) is 1. The first-order chi connectivity index (χ1) is 9.58. The first kappa shape index (κ1) is 14.9. The number of ether oxygens (including phenoxy) is 1. The van der Waals surface area contributed by atoms with Gasteiger partial charge in [-0.25, -0.2) is 0 Å². The van der Waals surface area contributed by atoms with Gasteiger partial charge in [0.25, 0.3) is 0 Å². The Morgan fingerprint density at radius 1 is 1.25 bits per heavy atom. The lowest BCUT2D eigenvalue weighted by Gasteiger charge is -2.42. The van der Waals surface area contributed by atoms with Crippen LogP contribution in [0.4, 0.5) is 0 Å². The molecule has 1 aliphatic carbocycles. The molecule has 0 aromatic carbocycles. The number of nitrogens with zero attached hydrogens (tertiary/aromatic N) is 1. The van der Waals surface area contributed by atoms with Crippen LogP contribution in [-0.2, 0) is 9.53 Å². The summed E-state index contributed by atoms with van der Waals surface area (Å²) in [5, 5.41) is 0. The largest absolute Gasteiger partial charge is 0.374 e. The van der Waals surface area contributed by atoms with Gasteiger partial charge in [-0.1, -0.05) is 12.8 Å². The fourth-order valence-corrected chi connectivity index (χ4v) is 5.75. The molecule has 0 bridgehead atoms. The van der Waals surface area contributed by atoms with Gasteiger partial charge in [0.2, 0.25) is 0 Å². The quantitative estimate of drug-likeness (QED) is 0.801. The van der Waals surface area contributed by atoms with Crippen LogP contribution < -0.4 is 0 Å². The highest BCUT2D eigenvalue weighted by atomic mass is 32.2. The van der Waals surface area contributed by atoms with E-state index in [1.54, 1.807) is 0 Å². The molecule has 1 spiro atoms. The van der Waals surface area contributed by atoms with Crippen LogP contribution in [0.2, 0.25) is 0 Å². The molecule has 2 atom stereocenters. The van der Waals surface area contributed by atoms with Crippen molar-refractivity contribution >= 4 is 17.5 Å². The van der Waals surface area contributed by atoms with Gasteiger partial charge in [0.1, 0.15) is 0 Å². The van der Waals surface area contributed by atoms with Crippen molar-refractivity contribution in [3.05, 3.63) is 0 Å². The highest BCUT2D eigenvalue weighted by Crippen LogP contribution is 2.44. The van der Waals surface area contributed by atoms with Crippen LogP contribution in [0.3, 0.4) is 0 Å². The van der Waals surface area contributed by atoms with Crippen molar-refractivity contribution in [3.8, 4) is 0 Å². The number of carbonyl (C=O) groups is 1. The highest BCUT2D eigenvalue weighted by Gasteiger charge is 2.49. The molecule has 3 fully saturated rings. The minimum absolute atomic E-state index is 0.0232. The van der Waals surface area contributed by atoms with Crippen LogP contribution in [0.5, 0.6) is 0 Å². The fourth-order valence-electron chi connectivity index (χ4n) is 4.37. The van der Waals surface area contributed by atoms with E-state index >= 15 is 0 Å². The van der Waals surface area contributed by atoms with E-state index in [4.69, 9.17) is 4.74 Å². The third kappa shape index (κ3) is 2.44. The average molecular weight is 297 g/mol. The number of rotatable bonds is 3. The van der Waals surface area contributed by atoms with E-state index in [0.717, 1.165) is 44.5 Å². The topological polar surface area (TPSA) is 29.5 Å². The van der Waals surface area contributed by atoms with E-state index < -0.39 is 0 Å². The van der Waals surface area contributed by atoms with Gasteiger partial charge >= 0.3 is 0 Å². The number of hydrogen-bond acceptors (Lipinski definition) is 4. The predicted octanol–water partition coefficient (Wildman–Crippen LogP) is 2.73. The van der Waals surface area contributed by atoms with E-state index in [9.17, 15) is 4.79 Å². The number of Topliss-reactive ketones (excluding diaryl/α,β-unsaturated/α-hetero) is 1. The van der Waals surface area contributed by atoms with Gasteiger partial charge < -0.3 is 4.74 Å². The summed E-state index contributed by atoms with van der Waals surface area (Å²) in [6.07, 6.45) is 7.55. The molecular weight excluding hydrogens is 270 g/mol. The minimum Gasteiger partial charge on any atom is -0.374 e. The SMILES string of the molecule is CN(C)C1(C(=O)C2CCOC3(CCSC3)C2)CCCC1. The summed E-state index contributed by atoms with van der Waals surface area (Å²) >= 11 is 1.98. The van der Waals surface area contributed by atoms with Crippen LogP contribution in [0.15, 0.2) is 0 Å². The number of thioether (sulfide) groups is 1. The third-order valence-corrected chi connectivity index (χ3v) is 6.90. The van der Waals surface area contributed by atoms with E-state index in [-0.39, 0.29) is 17.1 Å². The molecule has 2 unspecified atom stereocenters. The molecule has 0 N–H and O–H groups in total. The molecule has 0 radical (unpaired) electrons. The standard InChI is InChI=1S/C16H27NO2S/c1-17(2)16(6-3-4-7-16)14(18)13-5-9-19-15(11-13)8-10-20-12-15/h13H,3-12H2,1-2H3. The van der Waals surface area contributed by atoms with Gasteiger partial charge in [-0.2, -0.15) is 11.8 Å². The fraction of sp³-hybridized carbons (Fsp3) is 0.938. The molecule has 0 aromatic rings. The van der Waals surface area contributed by atoms with Gasteiger partial charge in [-0.3, -0.25) is 9.69 Å². The summed E-state index contributed by atoms with van der Waals surface area (Å²) in [5.74, 6) is 3.02. The second-order valence-electron chi connectivity index (χ2n) is 7.02. The Morgan fingerprint density at radius 2 is 2.00 bits per heavy atom. The zero-order chi connectivity index (χ0) is 14.2. The van der Waals surface area contributed by atoms with Crippen LogP contribution in [0.25, 0.3) is 0 Å². The van der Waals surface area contributed by atoms with Gasteiger partial charge in [0.15, 0.2) is 5.78 Å². The van der Waals surface area contributed by atoms with Crippen molar-refractivity contribution in [1.29, 1.82) is 0 Å². The highest BCUT2D eigenvalue weighted by molar-refractivity contribution is 7.99. The van der Waals surface area contributed by atoms with Gasteiger partial charge in [0, 0.05) is 18.3 Å². The average Bonchev–Trinajstić information content (AvgIpc) is 3.08. The van der Waals surface area contributed by atoms with Crippen LogP contribution >= 0.6 is 11.8 Å².